The Bertz CT molecular complexity index is 536. The normalized spacial score (nSPS) is 12.2. The molecule has 0 aliphatic carbocycles. The summed E-state index contributed by atoms with van der Waals surface area (Å²) in [5, 5.41) is 9.33. The summed E-state index contributed by atoms with van der Waals surface area (Å²) in [6.07, 6.45) is -0.579. The number of hydrogen-bond acceptors (Lipinski definition) is 2. The molecule has 0 fully saturated rings. The van der Waals surface area contributed by atoms with Gasteiger partial charge < -0.3 is 9.84 Å². The third-order valence-electron chi connectivity index (χ3n) is 2.51. The van der Waals surface area contributed by atoms with Gasteiger partial charge in [-0.1, -0.05) is 18.2 Å². The molecule has 0 saturated heterocycles. The molecule has 0 aromatic heterocycles. The van der Waals surface area contributed by atoms with E-state index in [1.807, 2.05) is 0 Å². The van der Waals surface area contributed by atoms with E-state index in [1.54, 1.807) is 31.2 Å². The molecule has 0 heterocycles. The van der Waals surface area contributed by atoms with Gasteiger partial charge in [-0.25, -0.2) is 4.39 Å². The molecule has 2 aromatic carbocycles. The fourth-order valence-corrected chi connectivity index (χ4v) is 1.50. The molecule has 2 aromatic rings. The van der Waals surface area contributed by atoms with Gasteiger partial charge in [-0.3, -0.25) is 0 Å². The molecule has 0 aliphatic heterocycles. The van der Waals surface area contributed by atoms with Crippen molar-refractivity contribution < 1.29 is 18.6 Å². The number of ether oxygens (including phenoxy) is 1. The smallest absolute Gasteiger partial charge is 0.201 e. The van der Waals surface area contributed by atoms with Crippen LogP contribution in [0.4, 0.5) is 8.78 Å². The Labute approximate surface area is 103 Å². The predicted molar refractivity (Wildman–Crippen MR) is 63.5 cm³/mol. The quantitative estimate of drug-likeness (QED) is 0.897. The largest absolute Gasteiger partial charge is 0.454 e. The number of benzene rings is 2. The minimum atomic E-state index is -1.02. The van der Waals surface area contributed by atoms with Crippen molar-refractivity contribution in [3.8, 4) is 11.5 Å². The molecule has 0 saturated carbocycles. The van der Waals surface area contributed by atoms with Gasteiger partial charge in [0.05, 0.1) is 6.10 Å². The molecule has 2 nitrogen and oxygen atoms in total. The lowest BCUT2D eigenvalue weighted by atomic mass is 10.1. The Morgan fingerprint density at radius 2 is 1.72 bits per heavy atom. The molecule has 0 bridgehead atoms. The summed E-state index contributed by atoms with van der Waals surface area (Å²) in [6, 6.07) is 10.3. The maximum absolute atomic E-state index is 13.4. The van der Waals surface area contributed by atoms with Crippen LogP contribution in [0.25, 0.3) is 0 Å². The molecule has 0 aliphatic rings. The van der Waals surface area contributed by atoms with Gasteiger partial charge in [-0.15, -0.1) is 0 Å². The van der Waals surface area contributed by atoms with Crippen LogP contribution in [-0.2, 0) is 0 Å². The second kappa shape index (κ2) is 5.14. The highest BCUT2D eigenvalue weighted by atomic mass is 19.2. The first-order chi connectivity index (χ1) is 8.58. The van der Waals surface area contributed by atoms with Gasteiger partial charge in [0.2, 0.25) is 5.82 Å². The van der Waals surface area contributed by atoms with Crippen molar-refractivity contribution in [2.45, 2.75) is 13.0 Å². The maximum Gasteiger partial charge on any atom is 0.201 e. The Morgan fingerprint density at radius 1 is 1.06 bits per heavy atom. The molecule has 1 N–H and O–H groups in total. The molecule has 4 heteroatoms. The molecular formula is C14H12F2O2. The molecule has 18 heavy (non-hydrogen) atoms. The van der Waals surface area contributed by atoms with Crippen molar-refractivity contribution in [1.82, 2.24) is 0 Å². The summed E-state index contributed by atoms with van der Waals surface area (Å²) in [7, 11) is 0. The zero-order chi connectivity index (χ0) is 13.1. The van der Waals surface area contributed by atoms with E-state index in [-0.39, 0.29) is 5.75 Å². The lowest BCUT2D eigenvalue weighted by Gasteiger charge is -2.09. The number of aliphatic hydroxyl groups excluding tert-OH is 1. The zero-order valence-electron chi connectivity index (χ0n) is 9.73. The Kier molecular flexibility index (Phi) is 3.58. The van der Waals surface area contributed by atoms with Crippen LogP contribution in [0, 0.1) is 11.6 Å². The van der Waals surface area contributed by atoms with Crippen LogP contribution in [-0.4, -0.2) is 5.11 Å². The maximum atomic E-state index is 13.4. The first-order valence-corrected chi connectivity index (χ1v) is 5.48. The average molecular weight is 250 g/mol. The summed E-state index contributed by atoms with van der Waals surface area (Å²) in [6.45, 7) is 1.64. The van der Waals surface area contributed by atoms with E-state index in [0.717, 1.165) is 11.6 Å². The molecule has 94 valence electrons. The van der Waals surface area contributed by atoms with Crippen LogP contribution < -0.4 is 4.74 Å². The summed E-state index contributed by atoms with van der Waals surface area (Å²) in [5.74, 6) is -1.76. The van der Waals surface area contributed by atoms with Gasteiger partial charge in [0.15, 0.2) is 11.6 Å². The van der Waals surface area contributed by atoms with Crippen molar-refractivity contribution in [3.63, 3.8) is 0 Å². The Hall–Kier alpha value is -1.94. The first-order valence-electron chi connectivity index (χ1n) is 5.48. The summed E-state index contributed by atoms with van der Waals surface area (Å²) < 4.78 is 31.5. The van der Waals surface area contributed by atoms with E-state index in [2.05, 4.69) is 0 Å². The summed E-state index contributed by atoms with van der Waals surface area (Å²) in [5.41, 5.74) is 0.724. The SMILES string of the molecule is C[C@@H](O)c1ccc(Oc2cccc(F)c2F)cc1. The van der Waals surface area contributed by atoms with Gasteiger partial charge >= 0.3 is 0 Å². The highest BCUT2D eigenvalue weighted by Gasteiger charge is 2.09. The van der Waals surface area contributed by atoms with Crippen LogP contribution in [0.3, 0.4) is 0 Å². The van der Waals surface area contributed by atoms with E-state index >= 15 is 0 Å². The number of hydrogen-bond donors (Lipinski definition) is 1. The fourth-order valence-electron chi connectivity index (χ4n) is 1.50. The monoisotopic (exact) mass is 250 g/mol. The second-order valence-corrected chi connectivity index (χ2v) is 3.90. The molecule has 0 radical (unpaired) electrons. The van der Waals surface area contributed by atoms with Crippen molar-refractivity contribution in [2.75, 3.05) is 0 Å². The van der Waals surface area contributed by atoms with Gasteiger partial charge in [-0.05, 0) is 36.8 Å². The third-order valence-corrected chi connectivity index (χ3v) is 2.51. The topological polar surface area (TPSA) is 29.5 Å². The van der Waals surface area contributed by atoms with E-state index in [1.165, 1.54) is 12.1 Å². The van der Waals surface area contributed by atoms with Crippen LogP contribution in [0.1, 0.15) is 18.6 Å². The van der Waals surface area contributed by atoms with E-state index in [4.69, 9.17) is 4.74 Å². The highest BCUT2D eigenvalue weighted by Crippen LogP contribution is 2.26. The van der Waals surface area contributed by atoms with Gasteiger partial charge in [0.1, 0.15) is 5.75 Å². The van der Waals surface area contributed by atoms with Crippen molar-refractivity contribution in [2.24, 2.45) is 0 Å². The van der Waals surface area contributed by atoms with Gasteiger partial charge in [-0.2, -0.15) is 4.39 Å². The van der Waals surface area contributed by atoms with E-state index in [0.29, 0.717) is 5.75 Å². The minimum absolute atomic E-state index is 0.167. The Balaban J connectivity index is 2.21. The number of halogens is 2. The lowest BCUT2D eigenvalue weighted by Crippen LogP contribution is -1.93. The second-order valence-electron chi connectivity index (χ2n) is 3.90. The van der Waals surface area contributed by atoms with Crippen LogP contribution >= 0.6 is 0 Å². The molecule has 0 unspecified atom stereocenters. The van der Waals surface area contributed by atoms with Crippen molar-refractivity contribution >= 4 is 0 Å². The van der Waals surface area contributed by atoms with Crippen LogP contribution in [0.2, 0.25) is 0 Å². The summed E-state index contributed by atoms with van der Waals surface area (Å²) in [4.78, 5) is 0. The molecule has 0 spiro atoms. The standard InChI is InChI=1S/C14H12F2O2/c1-9(17)10-5-7-11(8-6-10)18-13-4-2-3-12(15)14(13)16/h2-9,17H,1H3/t9-/m1/s1. The Morgan fingerprint density at radius 3 is 2.33 bits per heavy atom. The van der Waals surface area contributed by atoms with Crippen molar-refractivity contribution in [3.05, 3.63) is 59.7 Å². The van der Waals surface area contributed by atoms with E-state index < -0.39 is 17.7 Å². The predicted octanol–water partition coefficient (Wildman–Crippen LogP) is 3.81. The molecule has 2 rings (SSSR count). The minimum Gasteiger partial charge on any atom is -0.454 e. The molecule has 0 amide bonds. The average Bonchev–Trinajstić information content (AvgIpc) is 2.36. The number of rotatable bonds is 3. The molecule has 1 atom stereocenters. The first kappa shape index (κ1) is 12.5. The fraction of sp³-hybridized carbons (Fsp3) is 0.143. The van der Waals surface area contributed by atoms with Gasteiger partial charge in [0, 0.05) is 0 Å². The lowest BCUT2D eigenvalue weighted by molar-refractivity contribution is 0.199. The van der Waals surface area contributed by atoms with Crippen LogP contribution in [0.15, 0.2) is 42.5 Å². The highest BCUT2D eigenvalue weighted by molar-refractivity contribution is 5.34. The number of aliphatic hydroxyl groups is 1. The van der Waals surface area contributed by atoms with E-state index in [9.17, 15) is 13.9 Å². The van der Waals surface area contributed by atoms with Gasteiger partial charge in [0.25, 0.3) is 0 Å². The zero-order valence-corrected chi connectivity index (χ0v) is 9.73. The third kappa shape index (κ3) is 2.65. The van der Waals surface area contributed by atoms with Crippen LogP contribution in [0.5, 0.6) is 11.5 Å². The molecular weight excluding hydrogens is 238 g/mol. The van der Waals surface area contributed by atoms with Crippen molar-refractivity contribution in [1.29, 1.82) is 0 Å². The summed E-state index contributed by atoms with van der Waals surface area (Å²) >= 11 is 0.